The lowest BCUT2D eigenvalue weighted by molar-refractivity contribution is -0.146. The van der Waals surface area contributed by atoms with Crippen LogP contribution in [0.5, 0.6) is 0 Å². The minimum Gasteiger partial charge on any atom is -0.394 e. The second kappa shape index (κ2) is 10.6. The maximum absolute atomic E-state index is 14.6. The molecule has 40 heavy (non-hydrogen) atoms. The summed E-state index contributed by atoms with van der Waals surface area (Å²) < 4.78 is -0.906. The van der Waals surface area contributed by atoms with Crippen molar-refractivity contribution in [2.75, 3.05) is 24.6 Å². The van der Waals surface area contributed by atoms with Crippen LogP contribution in [0.15, 0.2) is 85.0 Å². The first-order valence-corrected chi connectivity index (χ1v) is 14.9. The van der Waals surface area contributed by atoms with Crippen molar-refractivity contribution in [1.82, 2.24) is 9.80 Å². The fourth-order valence-electron chi connectivity index (χ4n) is 6.93. The van der Waals surface area contributed by atoms with Crippen molar-refractivity contribution in [2.24, 2.45) is 11.8 Å². The van der Waals surface area contributed by atoms with Gasteiger partial charge in [0.05, 0.1) is 29.2 Å². The van der Waals surface area contributed by atoms with Gasteiger partial charge in [-0.3, -0.25) is 14.4 Å². The molecule has 1 unspecified atom stereocenters. The molecular formula is C32H35N3O4S. The number of fused-ring (bicyclic) bond motifs is 2. The molecule has 4 aliphatic rings. The third-order valence-corrected chi connectivity index (χ3v) is 10.5. The standard InChI is InChI=1S/C32H35N3O4S/c1-21(2)33-18-10-16-32-27(26-25(40-32)15-9-17-34(29(26)37)23-13-7-4-8-14-23)30(38)35(28(32)31(33)39)24(20-36)19-22-11-5-3-6-12-22/h3-16,21,24-28,36H,17-20H2,1-2H3/t24-,25+,26-,27+,28?,32+/m1/s1. The number of nitrogens with zero attached hydrogens (tertiary/aromatic N) is 3. The molecule has 6 atom stereocenters. The summed E-state index contributed by atoms with van der Waals surface area (Å²) in [7, 11) is 0. The van der Waals surface area contributed by atoms with Crippen molar-refractivity contribution in [3.8, 4) is 0 Å². The van der Waals surface area contributed by atoms with Crippen LogP contribution in [0, 0.1) is 11.8 Å². The third kappa shape index (κ3) is 4.20. The minimum atomic E-state index is -0.906. The van der Waals surface area contributed by atoms with Crippen LogP contribution in [0.3, 0.4) is 0 Å². The molecule has 0 radical (unpaired) electrons. The minimum absolute atomic E-state index is 0.0583. The van der Waals surface area contributed by atoms with Crippen molar-refractivity contribution in [3.63, 3.8) is 0 Å². The number of carbonyl (C=O) groups is 3. The Labute approximate surface area is 239 Å². The highest BCUT2D eigenvalue weighted by atomic mass is 32.2. The Morgan fingerprint density at radius 2 is 1.62 bits per heavy atom. The third-order valence-electron chi connectivity index (χ3n) is 8.74. The van der Waals surface area contributed by atoms with E-state index in [1.54, 1.807) is 26.5 Å². The van der Waals surface area contributed by atoms with Crippen LogP contribution in [-0.4, -0.2) is 80.4 Å². The number of amides is 3. The highest BCUT2D eigenvalue weighted by molar-refractivity contribution is 8.02. The number of aliphatic hydroxyl groups excluding tert-OH is 1. The van der Waals surface area contributed by atoms with Crippen LogP contribution in [0.25, 0.3) is 0 Å². The number of rotatable bonds is 6. The van der Waals surface area contributed by atoms with Crippen LogP contribution in [0.1, 0.15) is 19.4 Å². The highest BCUT2D eigenvalue weighted by Gasteiger charge is 2.71. The zero-order chi connectivity index (χ0) is 28.0. The summed E-state index contributed by atoms with van der Waals surface area (Å²) in [5.41, 5.74) is 1.77. The van der Waals surface area contributed by atoms with E-state index in [0.717, 1.165) is 11.3 Å². The molecule has 2 fully saturated rings. The summed E-state index contributed by atoms with van der Waals surface area (Å²) in [6.07, 6.45) is 8.50. The average molecular weight is 558 g/mol. The molecule has 8 heteroatoms. The fraction of sp³-hybridized carbons (Fsp3) is 0.406. The van der Waals surface area contributed by atoms with Crippen LogP contribution in [-0.2, 0) is 20.8 Å². The predicted octanol–water partition coefficient (Wildman–Crippen LogP) is 3.30. The van der Waals surface area contributed by atoms with Gasteiger partial charge in [-0.2, -0.15) is 0 Å². The quantitative estimate of drug-likeness (QED) is 0.552. The Balaban J connectivity index is 1.46. The van der Waals surface area contributed by atoms with Gasteiger partial charge < -0.3 is 19.8 Å². The highest BCUT2D eigenvalue weighted by Crippen LogP contribution is 2.61. The van der Waals surface area contributed by atoms with Gasteiger partial charge in [-0.25, -0.2) is 0 Å². The van der Waals surface area contributed by atoms with Crippen LogP contribution in [0.4, 0.5) is 5.69 Å². The topological polar surface area (TPSA) is 81.2 Å². The van der Waals surface area contributed by atoms with Crippen LogP contribution in [0.2, 0.25) is 0 Å². The van der Waals surface area contributed by atoms with Crippen molar-refractivity contribution in [1.29, 1.82) is 0 Å². The number of aliphatic hydroxyl groups is 1. The van der Waals surface area contributed by atoms with Crippen LogP contribution < -0.4 is 4.90 Å². The number of likely N-dealkylation sites (tertiary alicyclic amines) is 1. The molecule has 1 N–H and O–H groups in total. The Bertz CT molecular complexity index is 1350. The fourth-order valence-corrected chi connectivity index (χ4v) is 8.92. The smallest absolute Gasteiger partial charge is 0.247 e. The van der Waals surface area contributed by atoms with Crippen LogP contribution >= 0.6 is 11.8 Å². The van der Waals surface area contributed by atoms with E-state index >= 15 is 0 Å². The summed E-state index contributed by atoms with van der Waals surface area (Å²) >= 11 is 1.57. The number of benzene rings is 2. The molecule has 0 bridgehead atoms. The van der Waals surface area contributed by atoms with E-state index < -0.39 is 28.7 Å². The molecule has 208 valence electrons. The van der Waals surface area contributed by atoms with Gasteiger partial charge in [-0.05, 0) is 38.0 Å². The molecular weight excluding hydrogens is 522 g/mol. The molecule has 2 saturated heterocycles. The summed E-state index contributed by atoms with van der Waals surface area (Å²) in [6.45, 7) is 4.56. The van der Waals surface area contributed by atoms with E-state index in [1.165, 1.54) is 0 Å². The van der Waals surface area contributed by atoms with Gasteiger partial charge in [0.25, 0.3) is 0 Å². The molecule has 6 rings (SSSR count). The molecule has 4 aliphatic heterocycles. The van der Waals surface area contributed by atoms with E-state index in [9.17, 15) is 19.5 Å². The second-order valence-electron chi connectivity index (χ2n) is 11.3. The maximum Gasteiger partial charge on any atom is 0.247 e. The van der Waals surface area contributed by atoms with Gasteiger partial charge in [0.15, 0.2) is 0 Å². The summed E-state index contributed by atoms with van der Waals surface area (Å²) in [5, 5.41) is 10.4. The Morgan fingerprint density at radius 3 is 2.30 bits per heavy atom. The number of anilines is 1. The normalized spacial score (nSPS) is 30.3. The van der Waals surface area contributed by atoms with E-state index in [4.69, 9.17) is 0 Å². The first-order valence-electron chi connectivity index (χ1n) is 14.0. The van der Waals surface area contributed by atoms with Gasteiger partial charge in [0.2, 0.25) is 17.7 Å². The number of para-hydroxylation sites is 1. The molecule has 1 spiro atoms. The molecule has 0 saturated carbocycles. The average Bonchev–Trinajstić information content (AvgIpc) is 3.28. The Kier molecular flexibility index (Phi) is 7.09. The molecule has 2 aromatic carbocycles. The lowest BCUT2D eigenvalue weighted by atomic mass is 9.78. The zero-order valence-electron chi connectivity index (χ0n) is 22.8. The second-order valence-corrected chi connectivity index (χ2v) is 12.8. The maximum atomic E-state index is 14.6. The summed E-state index contributed by atoms with van der Waals surface area (Å²) in [5.74, 6) is -1.78. The van der Waals surface area contributed by atoms with Crippen molar-refractivity contribution in [2.45, 2.75) is 48.4 Å². The first kappa shape index (κ1) is 26.8. The van der Waals surface area contributed by atoms with Crippen molar-refractivity contribution in [3.05, 3.63) is 90.5 Å². The van der Waals surface area contributed by atoms with Gasteiger partial charge >= 0.3 is 0 Å². The molecule has 0 aliphatic carbocycles. The van der Waals surface area contributed by atoms with Gasteiger partial charge in [0.1, 0.15) is 6.04 Å². The molecule has 0 aromatic heterocycles. The van der Waals surface area contributed by atoms with Crippen molar-refractivity contribution >= 4 is 35.2 Å². The molecule has 4 heterocycles. The number of thioether (sulfide) groups is 1. The molecule has 3 amide bonds. The Hall–Kier alpha value is -3.36. The summed E-state index contributed by atoms with van der Waals surface area (Å²) in [4.78, 5) is 48.5. The number of hydrogen-bond donors (Lipinski definition) is 1. The van der Waals surface area contributed by atoms with Crippen molar-refractivity contribution < 1.29 is 19.5 Å². The largest absolute Gasteiger partial charge is 0.394 e. The van der Waals surface area contributed by atoms with Gasteiger partial charge in [-0.1, -0.05) is 72.8 Å². The first-order chi connectivity index (χ1) is 19.4. The van der Waals surface area contributed by atoms with Gasteiger partial charge in [0, 0.05) is 30.1 Å². The SMILES string of the molecule is CC(C)N1CC=C[C@]23S[C@H]4C=CCN(c5ccccc5)C(=O)[C@H]4[C@H]2C(=O)N([C@@H](CO)Cc2ccccc2)C3C1=O. The van der Waals surface area contributed by atoms with E-state index in [2.05, 4.69) is 6.08 Å². The molecule has 7 nitrogen and oxygen atoms in total. The number of hydrogen-bond acceptors (Lipinski definition) is 5. The predicted molar refractivity (Wildman–Crippen MR) is 157 cm³/mol. The van der Waals surface area contributed by atoms with E-state index in [0.29, 0.717) is 19.5 Å². The summed E-state index contributed by atoms with van der Waals surface area (Å²) in [6, 6.07) is 17.8. The zero-order valence-corrected chi connectivity index (χ0v) is 23.6. The Morgan fingerprint density at radius 1 is 0.925 bits per heavy atom. The lowest BCUT2D eigenvalue weighted by Crippen LogP contribution is -2.57. The van der Waals surface area contributed by atoms with E-state index in [1.807, 2.05) is 92.7 Å². The van der Waals surface area contributed by atoms with Gasteiger partial charge in [-0.15, -0.1) is 11.8 Å². The lowest BCUT2D eigenvalue weighted by Gasteiger charge is -2.39. The van der Waals surface area contributed by atoms with E-state index in [-0.39, 0.29) is 35.6 Å². The number of carbonyl (C=O) groups excluding carboxylic acids is 3. The molecule has 2 aromatic rings. The monoisotopic (exact) mass is 557 g/mol.